The van der Waals surface area contributed by atoms with Gasteiger partial charge in [-0.25, -0.2) is 4.98 Å². The molecule has 70 valence electrons. The quantitative estimate of drug-likeness (QED) is 0.735. The Labute approximate surface area is 84.6 Å². The first-order chi connectivity index (χ1) is 7.34. The number of rotatable bonds is 3. The van der Waals surface area contributed by atoms with Crippen LogP contribution in [0.3, 0.4) is 0 Å². The van der Waals surface area contributed by atoms with Gasteiger partial charge in [0.15, 0.2) is 0 Å². The summed E-state index contributed by atoms with van der Waals surface area (Å²) in [6, 6.07) is 13.7. The fourth-order valence-electron chi connectivity index (χ4n) is 1.12. The summed E-state index contributed by atoms with van der Waals surface area (Å²) in [5.41, 5.74) is 1.11. The van der Waals surface area contributed by atoms with Crippen molar-refractivity contribution < 1.29 is 6.11 Å². The van der Waals surface area contributed by atoms with Crippen molar-refractivity contribution in [2.75, 3.05) is 0 Å². The minimum absolute atomic E-state index is 0.391. The standard InChI is InChI=1S/C12H11NO/c1-2-6-11(7-3-1)10-14-12-8-4-5-9-13-12/h1-9H,10H2/i5D. The van der Waals surface area contributed by atoms with E-state index < -0.39 is 0 Å². The minimum atomic E-state index is 0.391. The molecule has 0 N–H and O–H groups in total. The van der Waals surface area contributed by atoms with Crippen LogP contribution in [0.2, 0.25) is 0 Å². The van der Waals surface area contributed by atoms with E-state index in [1.54, 1.807) is 12.1 Å². The third kappa shape index (κ3) is 2.33. The summed E-state index contributed by atoms with van der Waals surface area (Å²) >= 11 is 0. The summed E-state index contributed by atoms with van der Waals surface area (Å²) in [4.78, 5) is 3.98. The van der Waals surface area contributed by atoms with Crippen molar-refractivity contribution in [2.24, 2.45) is 0 Å². The molecular weight excluding hydrogens is 174 g/mol. The highest BCUT2D eigenvalue weighted by atomic mass is 16.5. The Hall–Kier alpha value is -1.83. The summed E-state index contributed by atoms with van der Waals surface area (Å²) in [6.07, 6.45) is 1.47. The number of pyridine rings is 1. The van der Waals surface area contributed by atoms with Gasteiger partial charge in [-0.2, -0.15) is 0 Å². The van der Waals surface area contributed by atoms with Crippen LogP contribution in [0.25, 0.3) is 0 Å². The maximum Gasteiger partial charge on any atom is 0.213 e. The Balaban J connectivity index is 1.96. The van der Waals surface area contributed by atoms with E-state index in [4.69, 9.17) is 6.11 Å². The smallest absolute Gasteiger partial charge is 0.213 e. The number of aromatic nitrogens is 1. The zero-order valence-electron chi connectivity index (χ0n) is 8.68. The molecule has 0 aliphatic carbocycles. The van der Waals surface area contributed by atoms with Crippen molar-refractivity contribution in [1.82, 2.24) is 4.98 Å². The van der Waals surface area contributed by atoms with Gasteiger partial charge in [-0.3, -0.25) is 0 Å². The van der Waals surface area contributed by atoms with E-state index in [1.165, 1.54) is 6.20 Å². The van der Waals surface area contributed by atoms with Crippen LogP contribution in [0, 0.1) is 0 Å². The molecule has 2 rings (SSSR count). The average Bonchev–Trinajstić information content (AvgIpc) is 2.30. The predicted octanol–water partition coefficient (Wildman–Crippen LogP) is 2.66. The van der Waals surface area contributed by atoms with Crippen molar-refractivity contribution >= 4 is 0 Å². The highest BCUT2D eigenvalue weighted by molar-refractivity contribution is 5.15. The molecule has 0 amide bonds. The van der Waals surface area contributed by atoms with Crippen LogP contribution in [-0.2, 0) is 6.61 Å². The van der Waals surface area contributed by atoms with E-state index in [9.17, 15) is 0 Å². The molecular formula is C12H11NO. The van der Waals surface area contributed by atoms with Gasteiger partial charge in [0.1, 0.15) is 6.61 Å². The van der Waals surface area contributed by atoms with Gasteiger partial charge in [-0.1, -0.05) is 36.4 Å². The Morgan fingerprint density at radius 3 is 2.71 bits per heavy atom. The molecule has 0 saturated carbocycles. The summed E-state index contributed by atoms with van der Waals surface area (Å²) < 4.78 is 12.7. The first kappa shape index (κ1) is 7.56. The first-order valence-electron chi connectivity index (χ1n) is 4.94. The second kappa shape index (κ2) is 4.42. The SMILES string of the molecule is [2H]c1ccc(OCc2ccccc2)nc1. The zero-order valence-corrected chi connectivity index (χ0v) is 7.68. The fourth-order valence-corrected chi connectivity index (χ4v) is 1.12. The summed E-state index contributed by atoms with van der Waals surface area (Å²) in [6.45, 7) is 0.505. The third-order valence-electron chi connectivity index (χ3n) is 1.82. The second-order valence-electron chi connectivity index (χ2n) is 2.87. The number of nitrogens with zero attached hydrogens (tertiary/aromatic N) is 1. The van der Waals surface area contributed by atoms with Gasteiger partial charge < -0.3 is 4.74 Å². The Morgan fingerprint density at radius 2 is 2.00 bits per heavy atom. The lowest BCUT2D eigenvalue weighted by molar-refractivity contribution is 0.294. The largest absolute Gasteiger partial charge is 0.473 e. The molecule has 2 aromatic rings. The molecule has 0 unspecified atom stereocenters. The first-order valence-corrected chi connectivity index (χ1v) is 4.44. The Kier molecular flexibility index (Phi) is 2.39. The molecule has 0 aliphatic rings. The summed E-state index contributed by atoms with van der Waals surface area (Å²) in [7, 11) is 0. The van der Waals surface area contributed by atoms with Crippen LogP contribution in [0.15, 0.2) is 54.7 Å². The Bertz CT molecular complexity index is 413. The van der Waals surface area contributed by atoms with Gasteiger partial charge in [-0.15, -0.1) is 0 Å². The lowest BCUT2D eigenvalue weighted by Crippen LogP contribution is -1.95. The second-order valence-corrected chi connectivity index (χ2v) is 2.87. The molecule has 0 spiro atoms. The van der Waals surface area contributed by atoms with E-state index in [0.717, 1.165) is 5.56 Å². The lowest BCUT2D eigenvalue weighted by Gasteiger charge is -2.03. The molecule has 1 heterocycles. The third-order valence-corrected chi connectivity index (χ3v) is 1.82. The van der Waals surface area contributed by atoms with Crippen molar-refractivity contribution in [3.05, 3.63) is 60.3 Å². The van der Waals surface area contributed by atoms with Gasteiger partial charge in [0.25, 0.3) is 0 Å². The van der Waals surface area contributed by atoms with Crippen LogP contribution in [0.5, 0.6) is 5.88 Å². The number of hydrogen-bond acceptors (Lipinski definition) is 2. The summed E-state index contributed by atoms with van der Waals surface area (Å²) in [5.74, 6) is 0.551. The molecule has 0 saturated heterocycles. The van der Waals surface area contributed by atoms with Crippen LogP contribution in [0.1, 0.15) is 6.93 Å². The normalized spacial score (nSPS) is 10.7. The predicted molar refractivity (Wildman–Crippen MR) is 55.0 cm³/mol. The summed E-state index contributed by atoms with van der Waals surface area (Å²) in [5, 5.41) is 0. The van der Waals surface area contributed by atoms with Crippen molar-refractivity contribution in [1.29, 1.82) is 0 Å². The molecule has 0 bridgehead atoms. The van der Waals surface area contributed by atoms with Gasteiger partial charge in [0.2, 0.25) is 5.88 Å². The molecule has 0 fully saturated rings. The molecule has 2 heteroatoms. The van der Waals surface area contributed by atoms with E-state index in [0.29, 0.717) is 18.5 Å². The molecule has 14 heavy (non-hydrogen) atoms. The van der Waals surface area contributed by atoms with E-state index in [-0.39, 0.29) is 0 Å². The monoisotopic (exact) mass is 186 g/mol. The van der Waals surface area contributed by atoms with Crippen LogP contribution in [-0.4, -0.2) is 4.98 Å². The number of benzene rings is 1. The van der Waals surface area contributed by atoms with Crippen LogP contribution < -0.4 is 4.74 Å². The van der Waals surface area contributed by atoms with Gasteiger partial charge in [-0.05, 0) is 11.6 Å². The molecule has 0 radical (unpaired) electrons. The van der Waals surface area contributed by atoms with Crippen molar-refractivity contribution in [3.8, 4) is 5.88 Å². The molecule has 1 aromatic carbocycles. The van der Waals surface area contributed by atoms with E-state index in [2.05, 4.69) is 4.98 Å². The highest BCUT2D eigenvalue weighted by Crippen LogP contribution is 2.07. The van der Waals surface area contributed by atoms with Crippen LogP contribution in [0.4, 0.5) is 0 Å². The fraction of sp³-hybridized carbons (Fsp3) is 0.0833. The molecule has 2 nitrogen and oxygen atoms in total. The maximum atomic E-state index is 7.27. The molecule has 0 aliphatic heterocycles. The van der Waals surface area contributed by atoms with Gasteiger partial charge >= 0.3 is 0 Å². The highest BCUT2D eigenvalue weighted by Gasteiger charge is 1.93. The maximum absolute atomic E-state index is 7.27. The van der Waals surface area contributed by atoms with Gasteiger partial charge in [0.05, 0.1) is 1.37 Å². The van der Waals surface area contributed by atoms with Crippen molar-refractivity contribution in [2.45, 2.75) is 6.61 Å². The van der Waals surface area contributed by atoms with Gasteiger partial charge in [0, 0.05) is 12.3 Å². The lowest BCUT2D eigenvalue weighted by atomic mass is 10.2. The zero-order chi connectivity index (χ0) is 10.5. The Morgan fingerprint density at radius 1 is 1.14 bits per heavy atom. The minimum Gasteiger partial charge on any atom is -0.473 e. The molecule has 0 atom stereocenters. The van der Waals surface area contributed by atoms with Crippen molar-refractivity contribution in [3.63, 3.8) is 0 Å². The van der Waals surface area contributed by atoms with E-state index in [1.807, 2.05) is 30.3 Å². The van der Waals surface area contributed by atoms with Crippen LogP contribution >= 0.6 is 0 Å². The number of hydrogen-bond donors (Lipinski definition) is 0. The average molecular weight is 186 g/mol. The van der Waals surface area contributed by atoms with E-state index >= 15 is 0 Å². The topological polar surface area (TPSA) is 22.1 Å². The molecule has 1 aromatic heterocycles. The number of ether oxygens (including phenoxy) is 1.